The van der Waals surface area contributed by atoms with E-state index < -0.39 is 0 Å². The molecule has 0 aromatic carbocycles. The standard InChI is InChI=1S/C15H22N2O2S/c18-14(16-9-8-13-6-5-11-20-13)12-17-10-4-2-1-3-7-15(17)19/h5-6,11H,1-4,7-10,12H2,(H,16,18). The van der Waals surface area contributed by atoms with Gasteiger partial charge in [0, 0.05) is 24.4 Å². The first-order valence-corrected chi connectivity index (χ1v) is 8.20. The summed E-state index contributed by atoms with van der Waals surface area (Å²) in [5.41, 5.74) is 0. The van der Waals surface area contributed by atoms with Gasteiger partial charge in [-0.2, -0.15) is 0 Å². The summed E-state index contributed by atoms with van der Waals surface area (Å²) in [6, 6.07) is 4.08. The van der Waals surface area contributed by atoms with Gasteiger partial charge < -0.3 is 10.2 Å². The van der Waals surface area contributed by atoms with Crippen LogP contribution < -0.4 is 5.32 Å². The van der Waals surface area contributed by atoms with Crippen molar-refractivity contribution < 1.29 is 9.59 Å². The zero-order valence-electron chi connectivity index (χ0n) is 11.8. The Hall–Kier alpha value is -1.36. The summed E-state index contributed by atoms with van der Waals surface area (Å²) in [5.74, 6) is 0.0774. The molecule has 0 radical (unpaired) electrons. The van der Waals surface area contributed by atoms with Crippen molar-refractivity contribution in [2.45, 2.75) is 38.5 Å². The third-order valence-electron chi connectivity index (χ3n) is 3.53. The largest absolute Gasteiger partial charge is 0.354 e. The molecule has 4 nitrogen and oxygen atoms in total. The second-order valence-corrected chi connectivity index (χ2v) is 6.19. The molecule has 2 amide bonds. The quantitative estimate of drug-likeness (QED) is 0.905. The molecular formula is C15H22N2O2S. The summed E-state index contributed by atoms with van der Waals surface area (Å²) in [5, 5.41) is 4.94. The average molecular weight is 294 g/mol. The maximum absolute atomic E-state index is 11.9. The molecule has 0 bridgehead atoms. The van der Waals surface area contributed by atoms with Crippen LogP contribution in [0.25, 0.3) is 0 Å². The predicted octanol–water partition coefficient (Wildman–Crippen LogP) is 2.20. The van der Waals surface area contributed by atoms with Crippen molar-refractivity contribution in [3.05, 3.63) is 22.4 Å². The summed E-state index contributed by atoms with van der Waals surface area (Å²) in [6.07, 6.45) is 5.69. The van der Waals surface area contributed by atoms with Crippen LogP contribution in [0.3, 0.4) is 0 Å². The first kappa shape index (κ1) is 15.0. The lowest BCUT2D eigenvalue weighted by molar-refractivity contribution is -0.136. The molecule has 2 rings (SSSR count). The maximum Gasteiger partial charge on any atom is 0.239 e. The zero-order valence-corrected chi connectivity index (χ0v) is 12.6. The highest BCUT2D eigenvalue weighted by Crippen LogP contribution is 2.11. The first-order valence-electron chi connectivity index (χ1n) is 7.32. The van der Waals surface area contributed by atoms with Crippen LogP contribution in [0.2, 0.25) is 0 Å². The van der Waals surface area contributed by atoms with Crippen LogP contribution in [-0.2, 0) is 16.0 Å². The zero-order chi connectivity index (χ0) is 14.2. The molecule has 0 saturated carbocycles. The number of nitrogens with zero attached hydrogens (tertiary/aromatic N) is 1. The Balaban J connectivity index is 1.70. The minimum absolute atomic E-state index is 0.0459. The van der Waals surface area contributed by atoms with Crippen molar-refractivity contribution >= 4 is 23.2 Å². The summed E-state index contributed by atoms with van der Waals surface area (Å²) in [6.45, 7) is 1.57. The molecule has 5 heteroatoms. The van der Waals surface area contributed by atoms with Gasteiger partial charge in [0.1, 0.15) is 0 Å². The molecule has 1 N–H and O–H groups in total. The Morgan fingerprint density at radius 3 is 2.95 bits per heavy atom. The Kier molecular flexibility index (Phi) is 6.05. The number of likely N-dealkylation sites (tertiary alicyclic amines) is 1. The first-order chi connectivity index (χ1) is 9.75. The van der Waals surface area contributed by atoms with E-state index in [0.29, 0.717) is 13.0 Å². The van der Waals surface area contributed by atoms with Crippen molar-refractivity contribution in [1.82, 2.24) is 10.2 Å². The molecule has 20 heavy (non-hydrogen) atoms. The smallest absolute Gasteiger partial charge is 0.239 e. The van der Waals surface area contributed by atoms with Crippen LogP contribution in [-0.4, -0.2) is 36.3 Å². The minimum Gasteiger partial charge on any atom is -0.354 e. The molecule has 110 valence electrons. The predicted molar refractivity (Wildman–Crippen MR) is 80.7 cm³/mol. The van der Waals surface area contributed by atoms with Gasteiger partial charge in [0.25, 0.3) is 0 Å². The Morgan fingerprint density at radius 2 is 2.15 bits per heavy atom. The van der Waals surface area contributed by atoms with Gasteiger partial charge in [-0.15, -0.1) is 11.3 Å². The second kappa shape index (κ2) is 8.04. The van der Waals surface area contributed by atoms with E-state index in [-0.39, 0.29) is 18.4 Å². The van der Waals surface area contributed by atoms with E-state index in [1.165, 1.54) is 4.88 Å². The molecule has 1 saturated heterocycles. The summed E-state index contributed by atoms with van der Waals surface area (Å²) < 4.78 is 0. The van der Waals surface area contributed by atoms with E-state index in [9.17, 15) is 9.59 Å². The van der Waals surface area contributed by atoms with E-state index in [2.05, 4.69) is 11.4 Å². The summed E-state index contributed by atoms with van der Waals surface area (Å²) >= 11 is 1.70. The van der Waals surface area contributed by atoms with Crippen LogP contribution in [0, 0.1) is 0 Å². The Morgan fingerprint density at radius 1 is 1.30 bits per heavy atom. The Bertz CT molecular complexity index is 431. The lowest BCUT2D eigenvalue weighted by Crippen LogP contribution is -2.42. The van der Waals surface area contributed by atoms with Crippen molar-refractivity contribution in [2.24, 2.45) is 0 Å². The van der Waals surface area contributed by atoms with Crippen LogP contribution in [0.1, 0.15) is 37.0 Å². The highest BCUT2D eigenvalue weighted by atomic mass is 32.1. The third kappa shape index (κ3) is 4.96. The topological polar surface area (TPSA) is 49.4 Å². The van der Waals surface area contributed by atoms with Crippen molar-refractivity contribution in [3.63, 3.8) is 0 Å². The number of thiophene rings is 1. The maximum atomic E-state index is 11.9. The number of hydrogen-bond acceptors (Lipinski definition) is 3. The van der Waals surface area contributed by atoms with Gasteiger partial charge in [0.2, 0.25) is 11.8 Å². The fraction of sp³-hybridized carbons (Fsp3) is 0.600. The monoisotopic (exact) mass is 294 g/mol. The van der Waals surface area contributed by atoms with E-state index in [1.54, 1.807) is 16.2 Å². The molecule has 0 unspecified atom stereocenters. The van der Waals surface area contributed by atoms with Gasteiger partial charge in [-0.25, -0.2) is 0 Å². The molecule has 2 heterocycles. The molecule has 1 fully saturated rings. The average Bonchev–Trinajstić information content (AvgIpc) is 2.92. The minimum atomic E-state index is -0.0459. The van der Waals surface area contributed by atoms with Crippen molar-refractivity contribution in [3.8, 4) is 0 Å². The molecular weight excluding hydrogens is 272 g/mol. The number of amides is 2. The van der Waals surface area contributed by atoms with Gasteiger partial charge in [0.15, 0.2) is 0 Å². The van der Waals surface area contributed by atoms with Gasteiger partial charge in [-0.1, -0.05) is 18.9 Å². The molecule has 1 aromatic heterocycles. The van der Waals surface area contributed by atoms with Crippen LogP contribution in [0.4, 0.5) is 0 Å². The molecule has 0 atom stereocenters. The normalized spacial score (nSPS) is 16.6. The van der Waals surface area contributed by atoms with Crippen molar-refractivity contribution in [2.75, 3.05) is 19.6 Å². The van der Waals surface area contributed by atoms with Gasteiger partial charge in [0.05, 0.1) is 6.54 Å². The number of rotatable bonds is 5. The summed E-state index contributed by atoms with van der Waals surface area (Å²) in [4.78, 5) is 26.8. The number of carbonyl (C=O) groups excluding carboxylic acids is 2. The van der Waals surface area contributed by atoms with Gasteiger partial charge in [-0.05, 0) is 30.7 Å². The SMILES string of the molecule is O=C(CN1CCCCCCC1=O)NCCc1cccs1. The van der Waals surface area contributed by atoms with Crippen LogP contribution in [0.15, 0.2) is 17.5 Å². The number of nitrogens with one attached hydrogen (secondary N) is 1. The molecule has 1 aliphatic heterocycles. The van der Waals surface area contributed by atoms with Crippen LogP contribution in [0.5, 0.6) is 0 Å². The Labute approximate surface area is 124 Å². The highest BCUT2D eigenvalue weighted by Gasteiger charge is 2.17. The number of hydrogen-bond donors (Lipinski definition) is 1. The molecule has 1 aromatic rings. The van der Waals surface area contributed by atoms with Crippen LogP contribution >= 0.6 is 11.3 Å². The molecule has 0 aliphatic carbocycles. The third-order valence-corrected chi connectivity index (χ3v) is 4.47. The lowest BCUT2D eigenvalue weighted by Gasteiger charge is -2.24. The lowest BCUT2D eigenvalue weighted by atomic mass is 10.1. The van der Waals surface area contributed by atoms with E-state index in [1.807, 2.05) is 11.4 Å². The van der Waals surface area contributed by atoms with E-state index >= 15 is 0 Å². The van der Waals surface area contributed by atoms with Gasteiger partial charge in [-0.3, -0.25) is 9.59 Å². The number of carbonyl (C=O) groups is 2. The molecule has 0 spiro atoms. The molecule has 1 aliphatic rings. The second-order valence-electron chi connectivity index (χ2n) is 5.16. The van der Waals surface area contributed by atoms with E-state index in [4.69, 9.17) is 0 Å². The summed E-state index contributed by atoms with van der Waals surface area (Å²) in [7, 11) is 0. The fourth-order valence-electron chi connectivity index (χ4n) is 2.39. The van der Waals surface area contributed by atoms with E-state index in [0.717, 1.165) is 38.6 Å². The van der Waals surface area contributed by atoms with Crippen molar-refractivity contribution in [1.29, 1.82) is 0 Å². The highest BCUT2D eigenvalue weighted by molar-refractivity contribution is 7.09. The fourth-order valence-corrected chi connectivity index (χ4v) is 3.10. The van der Waals surface area contributed by atoms with Gasteiger partial charge >= 0.3 is 0 Å².